The van der Waals surface area contributed by atoms with Crippen molar-refractivity contribution in [1.82, 2.24) is 20.3 Å². The smallest absolute Gasteiger partial charge is 0.0962 e. The van der Waals surface area contributed by atoms with Crippen LogP contribution in [0.4, 0.5) is 0 Å². The largest absolute Gasteiger partial charge is 0.325 e. The average molecular weight is 251 g/mol. The number of nitrogens with zero attached hydrogens (tertiary/aromatic N) is 3. The van der Waals surface area contributed by atoms with Gasteiger partial charge in [-0.2, -0.15) is 0 Å². The van der Waals surface area contributed by atoms with Crippen molar-refractivity contribution >= 4 is 11.3 Å². The number of hydrogen-bond donors (Lipinski definition) is 2. The summed E-state index contributed by atoms with van der Waals surface area (Å²) in [5.74, 6) is 0. The van der Waals surface area contributed by atoms with Crippen LogP contribution in [0.15, 0.2) is 17.6 Å². The number of aromatic nitrogens is 3. The Morgan fingerprint density at radius 1 is 1.53 bits per heavy atom. The molecular formula is C11H17N5S. The van der Waals surface area contributed by atoms with E-state index < -0.39 is 0 Å². The Morgan fingerprint density at radius 2 is 2.41 bits per heavy atom. The van der Waals surface area contributed by atoms with Gasteiger partial charge in [-0.15, -0.1) is 16.4 Å². The van der Waals surface area contributed by atoms with Gasteiger partial charge in [0.25, 0.3) is 0 Å². The molecule has 3 N–H and O–H groups in total. The van der Waals surface area contributed by atoms with Crippen molar-refractivity contribution in [3.8, 4) is 0 Å². The maximum atomic E-state index is 5.47. The van der Waals surface area contributed by atoms with E-state index >= 15 is 0 Å². The van der Waals surface area contributed by atoms with Crippen LogP contribution in [0.3, 0.4) is 0 Å². The molecule has 0 unspecified atom stereocenters. The van der Waals surface area contributed by atoms with Crippen LogP contribution in [0.5, 0.6) is 0 Å². The van der Waals surface area contributed by atoms with E-state index in [9.17, 15) is 0 Å². The van der Waals surface area contributed by atoms with Crippen molar-refractivity contribution in [3.63, 3.8) is 0 Å². The van der Waals surface area contributed by atoms with Crippen molar-refractivity contribution in [1.29, 1.82) is 0 Å². The van der Waals surface area contributed by atoms with Crippen molar-refractivity contribution in [3.05, 3.63) is 33.8 Å². The Morgan fingerprint density at radius 3 is 3.06 bits per heavy atom. The number of hydrogen-bond acceptors (Lipinski definition) is 5. The van der Waals surface area contributed by atoms with E-state index in [2.05, 4.69) is 34.0 Å². The first-order chi connectivity index (χ1) is 8.29. The molecule has 0 aromatic carbocycles. The van der Waals surface area contributed by atoms with E-state index in [0.717, 1.165) is 25.3 Å². The number of aryl methyl sites for hydroxylation is 1. The van der Waals surface area contributed by atoms with E-state index in [4.69, 9.17) is 5.73 Å². The standard InChI is InChI=1S/C11H17N5S/c1-9-2-5-17-11(9)7-13-3-4-16-8-10(6-12)14-15-16/h2,5,8,13H,3-4,6-7,12H2,1H3. The van der Waals surface area contributed by atoms with Crippen LogP contribution in [0.1, 0.15) is 16.1 Å². The molecule has 2 rings (SSSR count). The van der Waals surface area contributed by atoms with E-state index in [0.29, 0.717) is 6.54 Å². The van der Waals surface area contributed by atoms with Crippen molar-refractivity contribution in [2.75, 3.05) is 6.54 Å². The van der Waals surface area contributed by atoms with Gasteiger partial charge in [0.2, 0.25) is 0 Å². The molecule has 0 saturated carbocycles. The summed E-state index contributed by atoms with van der Waals surface area (Å²) >= 11 is 1.79. The molecular weight excluding hydrogens is 234 g/mol. The Bertz CT molecular complexity index is 462. The Labute approximate surface area is 105 Å². The molecule has 6 heteroatoms. The summed E-state index contributed by atoms with van der Waals surface area (Å²) in [6.45, 7) is 5.20. The van der Waals surface area contributed by atoms with Crippen LogP contribution in [-0.2, 0) is 19.6 Å². The van der Waals surface area contributed by atoms with Gasteiger partial charge in [-0.1, -0.05) is 5.21 Å². The summed E-state index contributed by atoms with van der Waals surface area (Å²) in [5, 5.41) is 13.4. The van der Waals surface area contributed by atoms with Crippen molar-refractivity contribution in [2.24, 2.45) is 5.73 Å². The quantitative estimate of drug-likeness (QED) is 0.748. The average Bonchev–Trinajstić information content (AvgIpc) is 2.94. The van der Waals surface area contributed by atoms with Crippen LogP contribution in [0, 0.1) is 6.92 Å². The third-order valence-corrected chi connectivity index (χ3v) is 3.59. The van der Waals surface area contributed by atoms with Crippen molar-refractivity contribution in [2.45, 2.75) is 26.6 Å². The Balaban J connectivity index is 1.71. The van der Waals surface area contributed by atoms with Crippen LogP contribution < -0.4 is 11.1 Å². The molecule has 2 aromatic rings. The Kier molecular flexibility index (Phi) is 4.24. The van der Waals surface area contributed by atoms with E-state index in [1.807, 2.05) is 10.9 Å². The zero-order chi connectivity index (χ0) is 12.1. The van der Waals surface area contributed by atoms with Crippen LogP contribution in [0.25, 0.3) is 0 Å². The highest BCUT2D eigenvalue weighted by atomic mass is 32.1. The predicted octanol–water partition coefficient (Wildman–Crippen LogP) is 0.897. The SMILES string of the molecule is Cc1ccsc1CNCCn1cc(CN)nn1. The lowest BCUT2D eigenvalue weighted by atomic mass is 10.3. The van der Waals surface area contributed by atoms with Gasteiger partial charge < -0.3 is 11.1 Å². The lowest BCUT2D eigenvalue weighted by Crippen LogP contribution is -2.19. The van der Waals surface area contributed by atoms with E-state index in [1.165, 1.54) is 10.4 Å². The van der Waals surface area contributed by atoms with Gasteiger partial charge in [-0.3, -0.25) is 4.68 Å². The highest BCUT2D eigenvalue weighted by Crippen LogP contribution is 2.14. The summed E-state index contributed by atoms with van der Waals surface area (Å²) < 4.78 is 1.82. The van der Waals surface area contributed by atoms with Gasteiger partial charge in [0.1, 0.15) is 0 Å². The molecule has 0 aliphatic heterocycles. The second kappa shape index (κ2) is 5.90. The first-order valence-electron chi connectivity index (χ1n) is 5.62. The molecule has 0 spiro atoms. The number of rotatable bonds is 6. The van der Waals surface area contributed by atoms with Gasteiger partial charge >= 0.3 is 0 Å². The summed E-state index contributed by atoms with van der Waals surface area (Å²) in [6, 6.07) is 2.15. The minimum atomic E-state index is 0.446. The van der Waals surface area contributed by atoms with E-state index in [1.54, 1.807) is 11.3 Å². The fraction of sp³-hybridized carbons (Fsp3) is 0.455. The topological polar surface area (TPSA) is 68.8 Å². The highest BCUT2D eigenvalue weighted by molar-refractivity contribution is 7.10. The summed E-state index contributed by atoms with van der Waals surface area (Å²) in [6.07, 6.45) is 1.89. The molecule has 2 aromatic heterocycles. The minimum Gasteiger partial charge on any atom is -0.325 e. The monoisotopic (exact) mass is 251 g/mol. The molecule has 0 saturated heterocycles. The third-order valence-electron chi connectivity index (χ3n) is 2.57. The molecule has 0 amide bonds. The molecule has 0 aliphatic rings. The van der Waals surface area contributed by atoms with E-state index in [-0.39, 0.29) is 0 Å². The highest BCUT2D eigenvalue weighted by Gasteiger charge is 2.00. The molecule has 92 valence electrons. The maximum Gasteiger partial charge on any atom is 0.0962 e. The van der Waals surface area contributed by atoms with Gasteiger partial charge in [0.15, 0.2) is 0 Å². The molecule has 2 heterocycles. The second-order valence-corrected chi connectivity index (χ2v) is 4.88. The molecule has 0 atom stereocenters. The fourth-order valence-corrected chi connectivity index (χ4v) is 2.40. The maximum absolute atomic E-state index is 5.47. The molecule has 0 radical (unpaired) electrons. The molecule has 0 aliphatic carbocycles. The van der Waals surface area contributed by atoms with Gasteiger partial charge in [0, 0.05) is 30.7 Å². The van der Waals surface area contributed by atoms with Gasteiger partial charge in [0.05, 0.1) is 12.2 Å². The van der Waals surface area contributed by atoms with Gasteiger partial charge in [-0.05, 0) is 23.9 Å². The first kappa shape index (κ1) is 12.2. The number of nitrogens with one attached hydrogen (secondary N) is 1. The molecule has 17 heavy (non-hydrogen) atoms. The third kappa shape index (κ3) is 3.36. The Hall–Kier alpha value is -1.24. The van der Waals surface area contributed by atoms with Crippen molar-refractivity contribution < 1.29 is 0 Å². The normalized spacial score (nSPS) is 10.9. The lowest BCUT2D eigenvalue weighted by Gasteiger charge is -2.03. The fourth-order valence-electron chi connectivity index (χ4n) is 1.52. The number of nitrogens with two attached hydrogens (primary N) is 1. The van der Waals surface area contributed by atoms with Crippen LogP contribution >= 0.6 is 11.3 Å². The van der Waals surface area contributed by atoms with Crippen LogP contribution in [0.2, 0.25) is 0 Å². The summed E-state index contributed by atoms with van der Waals surface area (Å²) in [4.78, 5) is 1.39. The lowest BCUT2D eigenvalue weighted by molar-refractivity contribution is 0.541. The van der Waals surface area contributed by atoms with Crippen LogP contribution in [-0.4, -0.2) is 21.5 Å². The second-order valence-electron chi connectivity index (χ2n) is 3.88. The molecule has 0 bridgehead atoms. The zero-order valence-corrected chi connectivity index (χ0v) is 10.7. The zero-order valence-electron chi connectivity index (χ0n) is 9.89. The molecule has 5 nitrogen and oxygen atoms in total. The predicted molar refractivity (Wildman–Crippen MR) is 68.7 cm³/mol. The minimum absolute atomic E-state index is 0.446. The first-order valence-corrected chi connectivity index (χ1v) is 6.50. The summed E-state index contributed by atoms with van der Waals surface area (Å²) in [7, 11) is 0. The summed E-state index contributed by atoms with van der Waals surface area (Å²) in [5.41, 5.74) is 7.66. The molecule has 0 fully saturated rings. The number of thiophene rings is 1. The van der Waals surface area contributed by atoms with Gasteiger partial charge in [-0.25, -0.2) is 0 Å².